The van der Waals surface area contributed by atoms with Crippen molar-refractivity contribution in [1.29, 1.82) is 0 Å². The van der Waals surface area contributed by atoms with Gasteiger partial charge in [-0.15, -0.1) is 11.3 Å². The van der Waals surface area contributed by atoms with E-state index >= 15 is 0 Å². The summed E-state index contributed by atoms with van der Waals surface area (Å²) in [6.45, 7) is 8.86. The number of piperidine rings is 1. The van der Waals surface area contributed by atoms with E-state index in [0.29, 0.717) is 11.2 Å². The Hall–Kier alpha value is -0.870. The fourth-order valence-electron chi connectivity index (χ4n) is 2.70. The first-order valence-corrected chi connectivity index (χ1v) is 7.92. The molecule has 0 radical (unpaired) electrons. The van der Waals surface area contributed by atoms with Crippen LogP contribution in [0, 0.1) is 18.8 Å². The van der Waals surface area contributed by atoms with E-state index < -0.39 is 0 Å². The molecule has 2 atom stereocenters. The summed E-state index contributed by atoms with van der Waals surface area (Å²) in [5.74, 6) is 2.49. The number of rotatable bonds is 1. The predicted octanol–water partition coefficient (Wildman–Crippen LogP) is 4.14. The first-order chi connectivity index (χ1) is 9.04. The van der Waals surface area contributed by atoms with Crippen LogP contribution < -0.4 is 4.90 Å². The Labute approximate surface area is 122 Å². The minimum Gasteiger partial charge on any atom is -0.356 e. The molecule has 2 aromatic heterocycles. The number of hydrogen-bond acceptors (Lipinski definition) is 4. The van der Waals surface area contributed by atoms with Crippen molar-refractivity contribution < 1.29 is 0 Å². The van der Waals surface area contributed by atoms with Crippen LogP contribution in [0.5, 0.6) is 0 Å². The number of thiophene rings is 1. The van der Waals surface area contributed by atoms with Gasteiger partial charge in [-0.1, -0.05) is 13.8 Å². The Morgan fingerprint density at radius 2 is 2.11 bits per heavy atom. The van der Waals surface area contributed by atoms with Crippen LogP contribution in [0.2, 0.25) is 5.28 Å². The van der Waals surface area contributed by atoms with Gasteiger partial charge >= 0.3 is 0 Å². The fourth-order valence-corrected chi connectivity index (χ4v) is 3.79. The van der Waals surface area contributed by atoms with Crippen molar-refractivity contribution in [3.05, 3.63) is 16.2 Å². The van der Waals surface area contributed by atoms with Gasteiger partial charge in [-0.2, -0.15) is 4.98 Å². The second-order valence-electron chi connectivity index (χ2n) is 5.58. The molecule has 0 bridgehead atoms. The van der Waals surface area contributed by atoms with Crippen LogP contribution in [-0.4, -0.2) is 23.1 Å². The highest BCUT2D eigenvalue weighted by Gasteiger charge is 2.25. The molecule has 0 N–H and O–H groups in total. The Morgan fingerprint density at radius 3 is 2.84 bits per heavy atom. The van der Waals surface area contributed by atoms with E-state index in [9.17, 15) is 0 Å². The molecule has 0 aliphatic carbocycles. The molecule has 5 heteroatoms. The summed E-state index contributed by atoms with van der Waals surface area (Å²) in [6.07, 6.45) is 1.22. The third-order valence-electron chi connectivity index (χ3n) is 4.10. The van der Waals surface area contributed by atoms with Crippen molar-refractivity contribution in [2.24, 2.45) is 11.8 Å². The molecule has 102 valence electrons. The fraction of sp³-hybridized carbons (Fsp3) is 0.571. The van der Waals surface area contributed by atoms with Crippen molar-refractivity contribution >= 4 is 39.0 Å². The second-order valence-corrected chi connectivity index (χ2v) is 7.15. The molecule has 2 unspecified atom stereocenters. The monoisotopic (exact) mass is 295 g/mol. The number of hydrogen-bond donors (Lipinski definition) is 0. The minimum absolute atomic E-state index is 0.357. The van der Waals surface area contributed by atoms with E-state index in [1.54, 1.807) is 11.3 Å². The summed E-state index contributed by atoms with van der Waals surface area (Å²) in [5.41, 5.74) is 0. The molecule has 0 amide bonds. The molecule has 0 spiro atoms. The van der Waals surface area contributed by atoms with E-state index in [2.05, 4.69) is 41.7 Å². The van der Waals surface area contributed by atoms with Crippen molar-refractivity contribution in [2.45, 2.75) is 27.2 Å². The smallest absolute Gasteiger partial charge is 0.225 e. The van der Waals surface area contributed by atoms with Crippen LogP contribution in [0.15, 0.2) is 6.07 Å². The number of halogens is 1. The largest absolute Gasteiger partial charge is 0.356 e. The first-order valence-electron chi connectivity index (χ1n) is 6.73. The number of nitrogens with zero attached hydrogens (tertiary/aromatic N) is 3. The maximum absolute atomic E-state index is 6.08. The van der Waals surface area contributed by atoms with Crippen LogP contribution in [0.4, 0.5) is 5.82 Å². The molecule has 1 aliphatic heterocycles. The van der Waals surface area contributed by atoms with Gasteiger partial charge in [0.15, 0.2) is 0 Å². The summed E-state index contributed by atoms with van der Waals surface area (Å²) < 4.78 is 0. The van der Waals surface area contributed by atoms with Crippen LogP contribution in [-0.2, 0) is 0 Å². The lowest BCUT2D eigenvalue weighted by Crippen LogP contribution is -2.39. The zero-order chi connectivity index (χ0) is 13.6. The molecule has 1 aliphatic rings. The van der Waals surface area contributed by atoms with E-state index in [4.69, 9.17) is 11.6 Å². The van der Waals surface area contributed by atoms with E-state index in [1.165, 1.54) is 11.3 Å². The number of anilines is 1. The average Bonchev–Trinajstić information content (AvgIpc) is 2.72. The van der Waals surface area contributed by atoms with E-state index in [1.807, 2.05) is 0 Å². The highest BCUT2D eigenvalue weighted by Crippen LogP contribution is 2.34. The maximum atomic E-state index is 6.08. The minimum atomic E-state index is 0.357. The van der Waals surface area contributed by atoms with Gasteiger partial charge in [-0.05, 0) is 42.8 Å². The molecule has 3 heterocycles. The highest BCUT2D eigenvalue weighted by atomic mass is 35.5. The van der Waals surface area contributed by atoms with Crippen molar-refractivity contribution in [1.82, 2.24) is 9.97 Å². The van der Waals surface area contributed by atoms with Crippen molar-refractivity contribution in [3.8, 4) is 0 Å². The van der Waals surface area contributed by atoms with Gasteiger partial charge in [0.05, 0.1) is 5.39 Å². The summed E-state index contributed by atoms with van der Waals surface area (Å²) in [4.78, 5) is 13.4. The highest BCUT2D eigenvalue weighted by molar-refractivity contribution is 7.18. The molecule has 19 heavy (non-hydrogen) atoms. The third-order valence-corrected chi connectivity index (χ3v) is 5.22. The van der Waals surface area contributed by atoms with Crippen LogP contribution >= 0.6 is 22.9 Å². The zero-order valence-corrected chi connectivity index (χ0v) is 13.1. The van der Waals surface area contributed by atoms with Crippen LogP contribution in [0.1, 0.15) is 25.1 Å². The third kappa shape index (κ3) is 2.43. The van der Waals surface area contributed by atoms with Crippen LogP contribution in [0.25, 0.3) is 10.2 Å². The summed E-state index contributed by atoms with van der Waals surface area (Å²) in [6, 6.07) is 2.17. The Bertz CT molecular complexity index is 610. The quantitative estimate of drug-likeness (QED) is 0.741. The Kier molecular flexibility index (Phi) is 3.39. The van der Waals surface area contributed by atoms with Crippen molar-refractivity contribution in [2.75, 3.05) is 18.0 Å². The standard InChI is InChI=1S/C14H18ClN3S/c1-8-4-5-18(7-9(8)2)12-11-6-10(3)19-13(11)17-14(15)16-12/h6,8-9H,4-5,7H2,1-3H3. The lowest BCUT2D eigenvalue weighted by atomic mass is 9.88. The number of aryl methyl sites for hydroxylation is 1. The van der Waals surface area contributed by atoms with Gasteiger partial charge in [0.25, 0.3) is 0 Å². The molecule has 1 fully saturated rings. The van der Waals surface area contributed by atoms with Crippen LogP contribution in [0.3, 0.4) is 0 Å². The van der Waals surface area contributed by atoms with Crippen molar-refractivity contribution in [3.63, 3.8) is 0 Å². The van der Waals surface area contributed by atoms with Gasteiger partial charge in [0, 0.05) is 18.0 Å². The zero-order valence-electron chi connectivity index (χ0n) is 11.5. The average molecular weight is 296 g/mol. The van der Waals surface area contributed by atoms with Gasteiger partial charge in [-0.3, -0.25) is 0 Å². The topological polar surface area (TPSA) is 29.0 Å². The summed E-state index contributed by atoms with van der Waals surface area (Å²) in [5, 5.41) is 1.50. The molecule has 3 nitrogen and oxygen atoms in total. The molecular weight excluding hydrogens is 278 g/mol. The predicted molar refractivity (Wildman–Crippen MR) is 82.3 cm³/mol. The summed E-state index contributed by atoms with van der Waals surface area (Å²) in [7, 11) is 0. The SMILES string of the molecule is Cc1cc2c(N3CCC(C)C(C)C3)nc(Cl)nc2s1. The van der Waals surface area contributed by atoms with Gasteiger partial charge < -0.3 is 4.90 Å². The molecule has 1 saturated heterocycles. The molecule has 3 rings (SSSR count). The van der Waals surface area contributed by atoms with E-state index in [0.717, 1.165) is 35.0 Å². The molecule has 0 aromatic carbocycles. The normalized spacial score (nSPS) is 24.1. The Morgan fingerprint density at radius 1 is 1.32 bits per heavy atom. The second kappa shape index (κ2) is 4.91. The molecule has 2 aromatic rings. The Balaban J connectivity index is 2.04. The lowest BCUT2D eigenvalue weighted by molar-refractivity contribution is 0.323. The van der Waals surface area contributed by atoms with Gasteiger partial charge in [-0.25, -0.2) is 4.98 Å². The number of fused-ring (bicyclic) bond motifs is 1. The molecule has 0 saturated carbocycles. The molecular formula is C14H18ClN3S. The van der Waals surface area contributed by atoms with Gasteiger partial charge in [0.2, 0.25) is 5.28 Å². The van der Waals surface area contributed by atoms with Gasteiger partial charge in [0.1, 0.15) is 10.6 Å². The summed E-state index contributed by atoms with van der Waals surface area (Å²) >= 11 is 7.76. The number of aromatic nitrogens is 2. The first kappa shape index (κ1) is 13.1. The lowest BCUT2D eigenvalue weighted by Gasteiger charge is -2.36. The maximum Gasteiger partial charge on any atom is 0.225 e. The van der Waals surface area contributed by atoms with E-state index in [-0.39, 0.29) is 0 Å².